The highest BCUT2D eigenvalue weighted by Crippen LogP contribution is 2.24. The average molecular weight is 251 g/mol. The van der Waals surface area contributed by atoms with E-state index < -0.39 is 10.4 Å². The summed E-state index contributed by atoms with van der Waals surface area (Å²) in [5.74, 6) is -0.179. The zero-order chi connectivity index (χ0) is 12.8. The Labute approximate surface area is 92.7 Å². The van der Waals surface area contributed by atoms with Crippen molar-refractivity contribution in [3.8, 4) is 11.5 Å². The fraction of sp³-hybridized carbons (Fsp3) is 0.250. The molecule has 0 heterocycles. The number of nitrogens with two attached hydrogens (primary N) is 1. The van der Waals surface area contributed by atoms with Crippen LogP contribution in [-0.4, -0.2) is 34.3 Å². The van der Waals surface area contributed by atoms with Crippen LogP contribution in [0.5, 0.6) is 11.5 Å². The van der Waals surface area contributed by atoms with E-state index in [4.69, 9.17) is 33.5 Å². The topological polar surface area (TPSA) is 141 Å². The fourth-order valence-electron chi connectivity index (χ4n) is 0.891. The molecule has 0 aliphatic carbocycles. The Balaban J connectivity index is 0.000000385. The highest BCUT2D eigenvalue weighted by atomic mass is 32.3. The molecule has 7 nitrogen and oxygen atoms in total. The molecular formula is C8H13NO6S. The molecule has 0 aromatic heterocycles. The Hall–Kier alpha value is -1.35. The van der Waals surface area contributed by atoms with Crippen LogP contribution in [0.25, 0.3) is 0 Å². The van der Waals surface area contributed by atoms with Crippen LogP contribution in [0, 0.1) is 0 Å². The number of hydrogen-bond acceptors (Lipinski definition) is 5. The predicted octanol–water partition coefficient (Wildman–Crippen LogP) is -0.0538. The van der Waals surface area contributed by atoms with Crippen molar-refractivity contribution in [2.75, 3.05) is 6.54 Å². The van der Waals surface area contributed by atoms with Gasteiger partial charge in [-0.25, -0.2) is 0 Å². The standard InChI is InChI=1S/C8H11NO2.H2O4S/c9-4-3-6-1-2-7(10)8(11)5-6;1-5(2,3)4/h1-2,5,10-11H,3-4,9H2;(H2,1,2,3,4). The SMILES string of the molecule is NCCc1ccc(O)c(O)c1.O=S(=O)(O)O. The summed E-state index contributed by atoms with van der Waals surface area (Å²) in [5.41, 5.74) is 6.24. The molecule has 0 aliphatic heterocycles. The van der Waals surface area contributed by atoms with Gasteiger partial charge in [-0.05, 0) is 30.7 Å². The Morgan fingerprint density at radius 2 is 1.62 bits per heavy atom. The lowest BCUT2D eigenvalue weighted by Crippen LogP contribution is -2.02. The van der Waals surface area contributed by atoms with Crippen LogP contribution >= 0.6 is 0 Å². The third-order valence-corrected chi connectivity index (χ3v) is 1.47. The molecular weight excluding hydrogens is 238 g/mol. The minimum atomic E-state index is -4.67. The van der Waals surface area contributed by atoms with Crippen molar-refractivity contribution in [3.63, 3.8) is 0 Å². The molecule has 0 bridgehead atoms. The first kappa shape index (κ1) is 14.6. The van der Waals surface area contributed by atoms with Gasteiger partial charge in [-0.15, -0.1) is 0 Å². The average Bonchev–Trinajstić information content (AvgIpc) is 2.09. The lowest BCUT2D eigenvalue weighted by molar-refractivity contribution is 0.381. The quantitative estimate of drug-likeness (QED) is 0.366. The van der Waals surface area contributed by atoms with Gasteiger partial charge in [-0.2, -0.15) is 8.42 Å². The lowest BCUT2D eigenvalue weighted by atomic mass is 10.1. The number of benzene rings is 1. The lowest BCUT2D eigenvalue weighted by Gasteiger charge is -2.00. The summed E-state index contributed by atoms with van der Waals surface area (Å²) in [6.45, 7) is 0.546. The van der Waals surface area contributed by atoms with Gasteiger partial charge in [0, 0.05) is 0 Å². The highest BCUT2D eigenvalue weighted by molar-refractivity contribution is 7.79. The molecule has 0 saturated carbocycles. The van der Waals surface area contributed by atoms with Crippen LogP contribution in [0.15, 0.2) is 18.2 Å². The summed E-state index contributed by atoms with van der Waals surface area (Å²) in [5, 5.41) is 18.0. The molecule has 0 spiro atoms. The summed E-state index contributed by atoms with van der Waals surface area (Å²) >= 11 is 0. The first-order valence-corrected chi connectivity index (χ1v) is 5.54. The molecule has 0 saturated heterocycles. The zero-order valence-electron chi connectivity index (χ0n) is 8.24. The first-order valence-electron chi connectivity index (χ1n) is 4.15. The molecule has 0 fully saturated rings. The number of phenolic OH excluding ortho intramolecular Hbond substituents is 2. The number of rotatable bonds is 2. The fourth-order valence-corrected chi connectivity index (χ4v) is 0.891. The van der Waals surface area contributed by atoms with Crippen molar-refractivity contribution in [2.45, 2.75) is 6.42 Å². The summed E-state index contributed by atoms with van der Waals surface area (Å²) in [4.78, 5) is 0. The molecule has 1 rings (SSSR count). The van der Waals surface area contributed by atoms with E-state index in [0.717, 1.165) is 5.56 Å². The largest absolute Gasteiger partial charge is 0.504 e. The molecule has 16 heavy (non-hydrogen) atoms. The molecule has 0 unspecified atom stereocenters. The summed E-state index contributed by atoms with van der Waals surface area (Å²) in [6, 6.07) is 4.71. The highest BCUT2D eigenvalue weighted by Gasteiger charge is 1.98. The Kier molecular flexibility index (Phi) is 5.75. The smallest absolute Gasteiger partial charge is 0.394 e. The predicted molar refractivity (Wildman–Crippen MR) is 56.7 cm³/mol. The van der Waals surface area contributed by atoms with Gasteiger partial charge in [0.25, 0.3) is 0 Å². The number of hydrogen-bond donors (Lipinski definition) is 5. The van der Waals surface area contributed by atoms with Crippen molar-refractivity contribution in [2.24, 2.45) is 5.73 Å². The van der Waals surface area contributed by atoms with E-state index in [1.54, 1.807) is 6.07 Å². The Morgan fingerprint density at radius 3 is 2.00 bits per heavy atom. The number of aromatic hydroxyl groups is 2. The van der Waals surface area contributed by atoms with Gasteiger partial charge in [0.15, 0.2) is 11.5 Å². The van der Waals surface area contributed by atoms with E-state index in [1.165, 1.54) is 12.1 Å². The Bertz CT molecular complexity index is 422. The second-order valence-corrected chi connectivity index (χ2v) is 3.71. The van der Waals surface area contributed by atoms with Crippen LogP contribution in [0.2, 0.25) is 0 Å². The molecule has 92 valence electrons. The Morgan fingerprint density at radius 1 is 1.12 bits per heavy atom. The van der Waals surface area contributed by atoms with E-state index in [1.807, 2.05) is 0 Å². The molecule has 6 N–H and O–H groups in total. The van der Waals surface area contributed by atoms with Crippen molar-refractivity contribution >= 4 is 10.4 Å². The van der Waals surface area contributed by atoms with E-state index in [-0.39, 0.29) is 11.5 Å². The third kappa shape index (κ3) is 8.00. The molecule has 1 aromatic carbocycles. The maximum Gasteiger partial charge on any atom is 0.394 e. The van der Waals surface area contributed by atoms with Gasteiger partial charge < -0.3 is 15.9 Å². The van der Waals surface area contributed by atoms with Crippen LogP contribution < -0.4 is 5.73 Å². The van der Waals surface area contributed by atoms with E-state index in [2.05, 4.69) is 0 Å². The van der Waals surface area contributed by atoms with E-state index in [0.29, 0.717) is 13.0 Å². The van der Waals surface area contributed by atoms with Gasteiger partial charge in [0.1, 0.15) is 0 Å². The van der Waals surface area contributed by atoms with E-state index in [9.17, 15) is 0 Å². The maximum atomic E-state index is 9.04. The molecule has 0 amide bonds. The van der Waals surface area contributed by atoms with Gasteiger partial charge in [-0.3, -0.25) is 9.11 Å². The second-order valence-electron chi connectivity index (χ2n) is 2.81. The van der Waals surface area contributed by atoms with Crippen LogP contribution in [0.1, 0.15) is 5.56 Å². The molecule has 0 atom stereocenters. The van der Waals surface area contributed by atoms with Crippen molar-refractivity contribution in [1.29, 1.82) is 0 Å². The minimum Gasteiger partial charge on any atom is -0.504 e. The minimum absolute atomic E-state index is 0.0871. The maximum absolute atomic E-state index is 9.04. The molecule has 0 radical (unpaired) electrons. The van der Waals surface area contributed by atoms with Gasteiger partial charge in [-0.1, -0.05) is 6.07 Å². The van der Waals surface area contributed by atoms with Crippen molar-refractivity contribution in [3.05, 3.63) is 23.8 Å². The zero-order valence-corrected chi connectivity index (χ0v) is 9.05. The van der Waals surface area contributed by atoms with E-state index >= 15 is 0 Å². The summed E-state index contributed by atoms with van der Waals surface area (Å²) in [7, 11) is -4.67. The monoisotopic (exact) mass is 251 g/mol. The van der Waals surface area contributed by atoms with Gasteiger partial charge in [0.05, 0.1) is 0 Å². The number of phenols is 2. The van der Waals surface area contributed by atoms with Crippen LogP contribution in [-0.2, 0) is 16.8 Å². The molecule has 0 aliphatic rings. The normalized spacial score (nSPS) is 10.4. The second kappa shape index (κ2) is 6.28. The van der Waals surface area contributed by atoms with Crippen LogP contribution in [0.4, 0.5) is 0 Å². The van der Waals surface area contributed by atoms with Gasteiger partial charge >= 0.3 is 10.4 Å². The van der Waals surface area contributed by atoms with Crippen molar-refractivity contribution < 1.29 is 27.7 Å². The molecule has 8 heteroatoms. The molecule has 1 aromatic rings. The van der Waals surface area contributed by atoms with Crippen LogP contribution in [0.3, 0.4) is 0 Å². The first-order chi connectivity index (χ1) is 7.24. The summed E-state index contributed by atoms with van der Waals surface area (Å²) < 4.78 is 31.6. The van der Waals surface area contributed by atoms with Crippen molar-refractivity contribution in [1.82, 2.24) is 0 Å². The van der Waals surface area contributed by atoms with Gasteiger partial charge in [0.2, 0.25) is 0 Å². The summed E-state index contributed by atoms with van der Waals surface area (Å²) in [6.07, 6.45) is 0.716. The third-order valence-electron chi connectivity index (χ3n) is 1.47.